The van der Waals surface area contributed by atoms with Crippen molar-refractivity contribution in [2.24, 2.45) is 5.10 Å². The van der Waals surface area contributed by atoms with Crippen LogP contribution in [0.1, 0.15) is 28.8 Å². The number of para-hydroxylation sites is 1. The number of thiophene rings is 1. The van der Waals surface area contributed by atoms with Gasteiger partial charge in [-0.15, -0.1) is 11.3 Å². The molecule has 0 amide bonds. The minimum absolute atomic E-state index is 0.795. The SMILES string of the molecule is C(=NNc1ncnc2sc3c(c12)CCCC3)c1ccnc2ccccc12. The number of aromatic nitrogens is 3. The highest BCUT2D eigenvalue weighted by molar-refractivity contribution is 7.19. The van der Waals surface area contributed by atoms with Crippen molar-refractivity contribution >= 4 is 44.5 Å². The molecule has 0 fully saturated rings. The van der Waals surface area contributed by atoms with E-state index in [0.29, 0.717) is 0 Å². The van der Waals surface area contributed by atoms with Crippen molar-refractivity contribution in [2.45, 2.75) is 25.7 Å². The van der Waals surface area contributed by atoms with Gasteiger partial charge in [-0.25, -0.2) is 9.97 Å². The maximum absolute atomic E-state index is 4.46. The number of aryl methyl sites for hydroxylation is 2. The van der Waals surface area contributed by atoms with Crippen LogP contribution in [0.2, 0.25) is 0 Å². The summed E-state index contributed by atoms with van der Waals surface area (Å²) in [7, 11) is 0. The molecule has 0 aliphatic heterocycles. The average Bonchev–Trinajstić information content (AvgIpc) is 3.08. The fourth-order valence-electron chi connectivity index (χ4n) is 3.57. The maximum Gasteiger partial charge on any atom is 0.158 e. The van der Waals surface area contributed by atoms with Gasteiger partial charge in [-0.1, -0.05) is 18.2 Å². The van der Waals surface area contributed by atoms with Gasteiger partial charge in [0.25, 0.3) is 0 Å². The van der Waals surface area contributed by atoms with E-state index in [1.807, 2.05) is 36.7 Å². The van der Waals surface area contributed by atoms with Gasteiger partial charge in [0, 0.05) is 22.0 Å². The zero-order valence-electron chi connectivity index (χ0n) is 14.1. The number of fused-ring (bicyclic) bond motifs is 4. The van der Waals surface area contributed by atoms with Crippen molar-refractivity contribution in [1.29, 1.82) is 0 Å². The summed E-state index contributed by atoms with van der Waals surface area (Å²) in [6.45, 7) is 0. The summed E-state index contributed by atoms with van der Waals surface area (Å²) in [5.74, 6) is 0.795. The van der Waals surface area contributed by atoms with Crippen LogP contribution in [0.15, 0.2) is 48.0 Å². The first-order chi connectivity index (χ1) is 12.9. The molecule has 0 spiro atoms. The zero-order valence-corrected chi connectivity index (χ0v) is 15.0. The second-order valence-corrected chi connectivity index (χ2v) is 7.48. The molecular weight excluding hydrogens is 342 g/mol. The summed E-state index contributed by atoms with van der Waals surface area (Å²) in [6, 6.07) is 10.0. The second kappa shape index (κ2) is 6.46. The van der Waals surface area contributed by atoms with Crippen molar-refractivity contribution in [1.82, 2.24) is 15.0 Å². The number of benzene rings is 1. The van der Waals surface area contributed by atoms with Gasteiger partial charge >= 0.3 is 0 Å². The lowest BCUT2D eigenvalue weighted by Crippen LogP contribution is -2.01. The molecule has 0 saturated heterocycles. The van der Waals surface area contributed by atoms with Gasteiger partial charge in [0.05, 0.1) is 17.1 Å². The highest BCUT2D eigenvalue weighted by Crippen LogP contribution is 2.38. The Kier molecular flexibility index (Phi) is 3.83. The third-order valence-electron chi connectivity index (χ3n) is 4.81. The predicted molar refractivity (Wildman–Crippen MR) is 107 cm³/mol. The number of anilines is 1. The number of pyridine rings is 1. The van der Waals surface area contributed by atoms with Crippen LogP contribution in [-0.4, -0.2) is 21.2 Å². The molecule has 1 N–H and O–H groups in total. The summed E-state index contributed by atoms with van der Waals surface area (Å²) >= 11 is 1.79. The largest absolute Gasteiger partial charge is 0.261 e. The normalized spacial score (nSPS) is 14.2. The van der Waals surface area contributed by atoms with Gasteiger partial charge < -0.3 is 0 Å². The number of hydrogen-bond acceptors (Lipinski definition) is 6. The molecule has 0 radical (unpaired) electrons. The molecule has 3 heterocycles. The van der Waals surface area contributed by atoms with E-state index < -0.39 is 0 Å². The van der Waals surface area contributed by atoms with Crippen LogP contribution in [0.25, 0.3) is 21.1 Å². The molecule has 0 saturated carbocycles. The van der Waals surface area contributed by atoms with Gasteiger partial charge in [-0.3, -0.25) is 10.4 Å². The van der Waals surface area contributed by atoms with Gasteiger partial charge in [0.15, 0.2) is 5.82 Å². The molecule has 6 heteroatoms. The summed E-state index contributed by atoms with van der Waals surface area (Å²) in [5.41, 5.74) is 6.54. The lowest BCUT2D eigenvalue weighted by molar-refractivity contribution is 0.700. The van der Waals surface area contributed by atoms with E-state index in [9.17, 15) is 0 Å². The highest BCUT2D eigenvalue weighted by Gasteiger charge is 2.19. The first-order valence-electron chi connectivity index (χ1n) is 8.78. The van der Waals surface area contributed by atoms with E-state index >= 15 is 0 Å². The Hall–Kier alpha value is -2.86. The van der Waals surface area contributed by atoms with Crippen molar-refractivity contribution in [3.05, 3.63) is 58.9 Å². The van der Waals surface area contributed by atoms with Crippen molar-refractivity contribution in [3.8, 4) is 0 Å². The Morgan fingerprint density at radius 1 is 1.04 bits per heavy atom. The summed E-state index contributed by atoms with van der Waals surface area (Å²) in [6.07, 6.45) is 10.0. The zero-order chi connectivity index (χ0) is 17.3. The molecule has 128 valence electrons. The van der Waals surface area contributed by atoms with E-state index in [4.69, 9.17) is 0 Å². The Balaban J connectivity index is 1.50. The molecule has 1 aromatic carbocycles. The smallest absolute Gasteiger partial charge is 0.158 e. The van der Waals surface area contributed by atoms with Gasteiger partial charge in [-0.05, 0) is 43.4 Å². The standard InChI is InChI=1S/C20H17N5S/c1-3-7-16-14(5-1)13(9-10-21-16)11-24-25-19-18-15-6-2-4-8-17(15)26-20(18)23-12-22-19/h1,3,5,7,9-12H,2,4,6,8H2,(H,22,23,25). The Morgan fingerprint density at radius 3 is 2.96 bits per heavy atom. The summed E-state index contributed by atoms with van der Waals surface area (Å²) in [4.78, 5) is 15.8. The lowest BCUT2D eigenvalue weighted by Gasteiger charge is -2.11. The van der Waals surface area contributed by atoms with Gasteiger partial charge in [-0.2, -0.15) is 5.10 Å². The molecular formula is C20H17N5S. The Morgan fingerprint density at radius 2 is 1.96 bits per heavy atom. The van der Waals surface area contributed by atoms with Crippen LogP contribution in [0.4, 0.5) is 5.82 Å². The van der Waals surface area contributed by atoms with Crippen LogP contribution in [0, 0.1) is 0 Å². The van der Waals surface area contributed by atoms with Crippen molar-refractivity contribution < 1.29 is 0 Å². The topological polar surface area (TPSA) is 63.1 Å². The molecule has 26 heavy (non-hydrogen) atoms. The van der Waals surface area contributed by atoms with Crippen molar-refractivity contribution in [2.75, 3.05) is 5.43 Å². The van der Waals surface area contributed by atoms with E-state index in [-0.39, 0.29) is 0 Å². The predicted octanol–water partition coefficient (Wildman–Crippen LogP) is 4.56. The number of hydrogen-bond donors (Lipinski definition) is 1. The van der Waals surface area contributed by atoms with E-state index in [1.54, 1.807) is 17.7 Å². The van der Waals surface area contributed by atoms with E-state index in [1.165, 1.54) is 23.3 Å². The van der Waals surface area contributed by atoms with Crippen molar-refractivity contribution in [3.63, 3.8) is 0 Å². The molecule has 1 aliphatic rings. The summed E-state index contributed by atoms with van der Waals surface area (Å²) in [5, 5.41) is 6.68. The first-order valence-corrected chi connectivity index (χ1v) is 9.60. The molecule has 4 aromatic rings. The van der Waals surface area contributed by atoms with Crippen LogP contribution >= 0.6 is 11.3 Å². The van der Waals surface area contributed by atoms with Gasteiger partial charge in [0.2, 0.25) is 0 Å². The van der Waals surface area contributed by atoms with Crippen LogP contribution in [0.5, 0.6) is 0 Å². The molecule has 1 aliphatic carbocycles. The monoisotopic (exact) mass is 359 g/mol. The number of hydrazone groups is 1. The van der Waals surface area contributed by atoms with Gasteiger partial charge in [0.1, 0.15) is 11.2 Å². The van der Waals surface area contributed by atoms with E-state index in [0.717, 1.165) is 45.3 Å². The number of rotatable bonds is 3. The summed E-state index contributed by atoms with van der Waals surface area (Å²) < 4.78 is 0. The Labute approximate surface area is 154 Å². The Bertz CT molecular complexity index is 1130. The molecule has 5 rings (SSSR count). The molecule has 0 atom stereocenters. The molecule has 0 unspecified atom stereocenters. The third kappa shape index (κ3) is 2.63. The quantitative estimate of drug-likeness (QED) is 0.430. The molecule has 3 aromatic heterocycles. The average molecular weight is 359 g/mol. The first kappa shape index (κ1) is 15.4. The van der Waals surface area contributed by atoms with Crippen LogP contribution in [-0.2, 0) is 12.8 Å². The minimum atomic E-state index is 0.795. The minimum Gasteiger partial charge on any atom is -0.261 e. The van der Waals surface area contributed by atoms with E-state index in [2.05, 4.69) is 31.5 Å². The molecule has 5 nitrogen and oxygen atoms in total. The highest BCUT2D eigenvalue weighted by atomic mass is 32.1. The fraction of sp³-hybridized carbons (Fsp3) is 0.200. The third-order valence-corrected chi connectivity index (χ3v) is 6.01. The van der Waals surface area contributed by atoms with Crippen LogP contribution < -0.4 is 5.43 Å². The second-order valence-electron chi connectivity index (χ2n) is 6.40. The number of nitrogens with zero attached hydrogens (tertiary/aromatic N) is 4. The number of nitrogens with one attached hydrogen (secondary N) is 1. The van der Waals surface area contributed by atoms with Crippen LogP contribution in [0.3, 0.4) is 0 Å². The lowest BCUT2D eigenvalue weighted by atomic mass is 9.97. The molecule has 0 bridgehead atoms. The fourth-order valence-corrected chi connectivity index (χ4v) is 4.80. The maximum atomic E-state index is 4.46.